The second-order valence-electron chi connectivity index (χ2n) is 5.35. The number of nitrogens with one attached hydrogen (secondary N) is 1. The molecule has 0 fully saturated rings. The van der Waals surface area contributed by atoms with Gasteiger partial charge in [0.2, 0.25) is 5.91 Å². The molecular weight excluding hydrogens is 340 g/mol. The number of ether oxygens (including phenoxy) is 2. The van der Waals surface area contributed by atoms with Gasteiger partial charge in [0.25, 0.3) is 0 Å². The fraction of sp³-hybridized carbons (Fsp3) is 0.353. The standard InChI is InChI=1S/C17H20N4O3S/c1-3-7-21-15(4-2)19-20-17(21)25-11-16(22)18-12-5-6-13-14(10-12)24-9-8-23-13/h3,5-6,10H,1,4,7-9,11H2,2H3,(H,18,22). The zero-order chi connectivity index (χ0) is 17.6. The Kier molecular flexibility index (Phi) is 5.60. The van der Waals surface area contributed by atoms with Gasteiger partial charge >= 0.3 is 0 Å². The van der Waals surface area contributed by atoms with E-state index < -0.39 is 0 Å². The summed E-state index contributed by atoms with van der Waals surface area (Å²) in [5.74, 6) is 2.36. The topological polar surface area (TPSA) is 78.3 Å². The first kappa shape index (κ1) is 17.3. The maximum atomic E-state index is 12.2. The van der Waals surface area contributed by atoms with E-state index in [1.54, 1.807) is 24.3 Å². The van der Waals surface area contributed by atoms with Crippen molar-refractivity contribution in [2.24, 2.45) is 0 Å². The summed E-state index contributed by atoms with van der Waals surface area (Å²) in [7, 11) is 0. The molecule has 0 spiro atoms. The number of carbonyl (C=O) groups is 1. The largest absolute Gasteiger partial charge is 0.486 e. The van der Waals surface area contributed by atoms with E-state index in [-0.39, 0.29) is 11.7 Å². The maximum absolute atomic E-state index is 12.2. The summed E-state index contributed by atoms with van der Waals surface area (Å²) in [4.78, 5) is 12.2. The zero-order valence-corrected chi connectivity index (χ0v) is 14.8. The number of carbonyl (C=O) groups excluding carboxylic acids is 1. The van der Waals surface area contributed by atoms with Crippen LogP contribution in [0.4, 0.5) is 5.69 Å². The van der Waals surface area contributed by atoms with E-state index in [9.17, 15) is 4.79 Å². The summed E-state index contributed by atoms with van der Waals surface area (Å²) < 4.78 is 13.0. The minimum absolute atomic E-state index is 0.118. The number of aromatic nitrogens is 3. The molecule has 0 aliphatic carbocycles. The molecule has 25 heavy (non-hydrogen) atoms. The fourth-order valence-electron chi connectivity index (χ4n) is 2.45. The third-order valence-corrected chi connectivity index (χ3v) is 4.55. The number of aryl methyl sites for hydroxylation is 1. The molecule has 2 heterocycles. The van der Waals surface area contributed by atoms with Crippen LogP contribution < -0.4 is 14.8 Å². The summed E-state index contributed by atoms with van der Waals surface area (Å²) in [5, 5.41) is 11.9. The van der Waals surface area contributed by atoms with E-state index in [2.05, 4.69) is 22.1 Å². The Morgan fingerprint density at radius 1 is 1.36 bits per heavy atom. The van der Waals surface area contributed by atoms with Crippen LogP contribution in [0.3, 0.4) is 0 Å². The van der Waals surface area contributed by atoms with Gasteiger partial charge in [-0.3, -0.25) is 4.79 Å². The molecule has 1 amide bonds. The molecule has 1 aliphatic heterocycles. The van der Waals surface area contributed by atoms with Crippen LogP contribution in [0, 0.1) is 0 Å². The Morgan fingerprint density at radius 2 is 2.16 bits per heavy atom. The highest BCUT2D eigenvalue weighted by Crippen LogP contribution is 2.32. The van der Waals surface area contributed by atoms with Gasteiger partial charge in [-0.1, -0.05) is 24.8 Å². The Morgan fingerprint density at radius 3 is 2.92 bits per heavy atom. The quantitative estimate of drug-likeness (QED) is 0.604. The maximum Gasteiger partial charge on any atom is 0.234 e. The number of rotatable bonds is 7. The van der Waals surface area contributed by atoms with Gasteiger partial charge in [-0.2, -0.15) is 0 Å². The predicted octanol–water partition coefficient (Wildman–Crippen LogP) is 2.53. The van der Waals surface area contributed by atoms with E-state index in [4.69, 9.17) is 9.47 Å². The van der Waals surface area contributed by atoms with Crippen LogP contribution in [0.15, 0.2) is 36.0 Å². The van der Waals surface area contributed by atoms with Gasteiger partial charge in [0.1, 0.15) is 19.0 Å². The lowest BCUT2D eigenvalue weighted by Crippen LogP contribution is -2.17. The molecule has 1 aromatic carbocycles. The highest BCUT2D eigenvalue weighted by atomic mass is 32.2. The minimum atomic E-state index is -0.118. The second-order valence-corrected chi connectivity index (χ2v) is 6.29. The van der Waals surface area contributed by atoms with Gasteiger partial charge in [0.15, 0.2) is 16.7 Å². The Labute approximate surface area is 150 Å². The predicted molar refractivity (Wildman–Crippen MR) is 96.4 cm³/mol. The van der Waals surface area contributed by atoms with Gasteiger partial charge in [-0.25, -0.2) is 0 Å². The van der Waals surface area contributed by atoms with Gasteiger partial charge in [-0.15, -0.1) is 16.8 Å². The molecule has 3 rings (SSSR count). The number of allylic oxidation sites excluding steroid dienone is 1. The molecule has 0 bridgehead atoms. The van der Waals surface area contributed by atoms with Gasteiger partial charge < -0.3 is 19.4 Å². The minimum Gasteiger partial charge on any atom is -0.486 e. The molecule has 2 aromatic rings. The summed E-state index contributed by atoms with van der Waals surface area (Å²) in [5.41, 5.74) is 0.677. The molecule has 7 nitrogen and oxygen atoms in total. The van der Waals surface area contributed by atoms with Crippen LogP contribution in [0.5, 0.6) is 11.5 Å². The second kappa shape index (κ2) is 8.06. The molecule has 1 aromatic heterocycles. The van der Waals surface area contributed by atoms with Gasteiger partial charge in [-0.05, 0) is 12.1 Å². The van der Waals surface area contributed by atoms with Crippen LogP contribution in [-0.2, 0) is 17.8 Å². The SMILES string of the molecule is C=CCn1c(CC)nnc1SCC(=O)Nc1ccc2c(c1)OCCO2. The molecule has 0 unspecified atom stereocenters. The van der Waals surface area contributed by atoms with E-state index >= 15 is 0 Å². The molecule has 1 aliphatic rings. The summed E-state index contributed by atoms with van der Waals surface area (Å²) in [6.45, 7) is 7.45. The van der Waals surface area contributed by atoms with Crippen molar-refractivity contribution in [1.82, 2.24) is 14.8 Å². The number of hydrogen-bond donors (Lipinski definition) is 1. The first-order valence-electron chi connectivity index (χ1n) is 8.06. The molecule has 0 saturated carbocycles. The molecule has 1 N–H and O–H groups in total. The van der Waals surface area contributed by atoms with Crippen molar-refractivity contribution in [3.8, 4) is 11.5 Å². The van der Waals surface area contributed by atoms with E-state index in [1.165, 1.54) is 11.8 Å². The van der Waals surface area contributed by atoms with Crippen molar-refractivity contribution in [2.75, 3.05) is 24.3 Å². The molecule has 8 heteroatoms. The Bertz CT molecular complexity index is 775. The van der Waals surface area contributed by atoms with Crippen LogP contribution in [-0.4, -0.2) is 39.6 Å². The Hall–Kier alpha value is -2.48. The zero-order valence-electron chi connectivity index (χ0n) is 14.0. The summed E-state index contributed by atoms with van der Waals surface area (Å²) in [6, 6.07) is 5.36. The van der Waals surface area contributed by atoms with Crippen molar-refractivity contribution < 1.29 is 14.3 Å². The highest BCUT2D eigenvalue weighted by molar-refractivity contribution is 7.99. The van der Waals surface area contributed by atoms with E-state index in [0.717, 1.165) is 12.2 Å². The first-order valence-corrected chi connectivity index (χ1v) is 9.05. The third kappa shape index (κ3) is 4.14. The van der Waals surface area contributed by atoms with Crippen molar-refractivity contribution in [3.63, 3.8) is 0 Å². The van der Waals surface area contributed by atoms with Gasteiger partial charge in [0.05, 0.1) is 5.75 Å². The van der Waals surface area contributed by atoms with E-state index in [1.807, 2.05) is 11.5 Å². The third-order valence-electron chi connectivity index (χ3n) is 3.58. The number of amides is 1. The summed E-state index contributed by atoms with van der Waals surface area (Å²) in [6.07, 6.45) is 2.58. The molecule has 0 atom stereocenters. The van der Waals surface area contributed by atoms with Crippen LogP contribution >= 0.6 is 11.8 Å². The van der Waals surface area contributed by atoms with Crippen molar-refractivity contribution in [3.05, 3.63) is 36.7 Å². The lowest BCUT2D eigenvalue weighted by Gasteiger charge is -2.19. The Balaban J connectivity index is 1.60. The highest BCUT2D eigenvalue weighted by Gasteiger charge is 2.15. The van der Waals surface area contributed by atoms with Crippen molar-refractivity contribution in [2.45, 2.75) is 25.0 Å². The fourth-order valence-corrected chi connectivity index (χ4v) is 3.21. The average molecular weight is 360 g/mol. The van der Waals surface area contributed by atoms with E-state index in [0.29, 0.717) is 42.1 Å². The van der Waals surface area contributed by atoms with Crippen molar-refractivity contribution >= 4 is 23.4 Å². The molecular formula is C17H20N4O3S. The number of benzene rings is 1. The lowest BCUT2D eigenvalue weighted by molar-refractivity contribution is -0.113. The number of fused-ring (bicyclic) bond motifs is 1. The average Bonchev–Trinajstić information content (AvgIpc) is 3.02. The smallest absolute Gasteiger partial charge is 0.234 e. The van der Waals surface area contributed by atoms with Crippen LogP contribution in [0.2, 0.25) is 0 Å². The van der Waals surface area contributed by atoms with Crippen LogP contribution in [0.25, 0.3) is 0 Å². The van der Waals surface area contributed by atoms with Crippen molar-refractivity contribution in [1.29, 1.82) is 0 Å². The molecule has 132 valence electrons. The number of nitrogens with zero attached hydrogens (tertiary/aromatic N) is 3. The number of hydrogen-bond acceptors (Lipinski definition) is 6. The number of thioether (sulfide) groups is 1. The molecule has 0 saturated heterocycles. The first-order chi connectivity index (χ1) is 12.2. The number of anilines is 1. The lowest BCUT2D eigenvalue weighted by atomic mass is 10.2. The normalized spacial score (nSPS) is 12.7. The summed E-state index contributed by atoms with van der Waals surface area (Å²) >= 11 is 1.35. The van der Waals surface area contributed by atoms with Gasteiger partial charge in [0, 0.05) is 24.7 Å². The van der Waals surface area contributed by atoms with Crippen LogP contribution in [0.1, 0.15) is 12.7 Å². The molecule has 0 radical (unpaired) electrons. The monoisotopic (exact) mass is 360 g/mol.